The Morgan fingerprint density at radius 1 is 1.06 bits per heavy atom. The van der Waals surface area contributed by atoms with Gasteiger partial charge in [-0.1, -0.05) is 0 Å². The van der Waals surface area contributed by atoms with Crippen molar-refractivity contribution in [2.24, 2.45) is 5.92 Å². The molecule has 5 rings (SSSR count). The average Bonchev–Trinajstić information content (AvgIpc) is 3.23. The van der Waals surface area contributed by atoms with Crippen LogP contribution in [-0.2, 0) is 4.79 Å². The molecule has 180 valence electrons. The molecule has 1 aromatic carbocycles. The Kier molecular flexibility index (Phi) is 6.10. The Hall–Kier alpha value is -3.95. The molecule has 10 heteroatoms. The minimum atomic E-state index is -0.945. The van der Waals surface area contributed by atoms with Crippen molar-refractivity contribution in [3.63, 3.8) is 0 Å². The topological polar surface area (TPSA) is 114 Å². The molecule has 1 saturated carbocycles. The number of halogens is 2. The predicted octanol–water partition coefficient (Wildman–Crippen LogP) is 5.08. The molecule has 1 fully saturated rings. The van der Waals surface area contributed by atoms with Crippen LogP contribution in [0.4, 0.5) is 8.78 Å². The molecule has 0 unspecified atom stereocenters. The smallest absolute Gasteiger partial charge is 0.316 e. The van der Waals surface area contributed by atoms with E-state index in [4.69, 9.17) is 9.84 Å². The second kappa shape index (κ2) is 9.36. The number of carboxylic acid groups (broad SMARTS) is 1. The van der Waals surface area contributed by atoms with E-state index < -0.39 is 17.6 Å². The summed E-state index contributed by atoms with van der Waals surface area (Å²) in [6.07, 6.45) is 8.33. The van der Waals surface area contributed by atoms with Crippen LogP contribution in [0.25, 0.3) is 33.7 Å². The minimum Gasteiger partial charge on any atom is -0.481 e. The van der Waals surface area contributed by atoms with Gasteiger partial charge in [-0.25, -0.2) is 23.7 Å². The number of pyridine rings is 1. The molecule has 0 radical (unpaired) electrons. The van der Waals surface area contributed by atoms with Crippen LogP contribution >= 0.6 is 0 Å². The van der Waals surface area contributed by atoms with Gasteiger partial charge in [-0.2, -0.15) is 0 Å². The zero-order valence-electron chi connectivity index (χ0n) is 19.0. The zero-order valence-corrected chi connectivity index (χ0v) is 19.0. The molecule has 0 saturated heterocycles. The van der Waals surface area contributed by atoms with Gasteiger partial charge in [-0.05, 0) is 50.2 Å². The number of hydrogen-bond acceptors (Lipinski definition) is 6. The number of fused-ring (bicyclic) bond motifs is 1. The van der Waals surface area contributed by atoms with E-state index in [0.29, 0.717) is 33.7 Å². The standard InChI is InChI=1S/C25H23F2N5O3/c1-13-6-20(28-12-17(13)24-31-21-8-18(26)19(27)9-22(21)32-24)15-10-29-25(30-11-15)35-16-4-2-14(3-5-16)7-23(33)34/h6,8-12,14,16H,2-5,7H2,1H3,(H,31,32)(H,33,34)/t14-,16+. The number of benzene rings is 1. The normalized spacial score (nSPS) is 18.0. The number of ether oxygens (including phenoxy) is 1. The van der Waals surface area contributed by atoms with Gasteiger partial charge in [-0.3, -0.25) is 9.78 Å². The van der Waals surface area contributed by atoms with Gasteiger partial charge in [0.25, 0.3) is 0 Å². The lowest BCUT2D eigenvalue weighted by atomic mass is 9.85. The van der Waals surface area contributed by atoms with Crippen molar-refractivity contribution in [1.29, 1.82) is 0 Å². The van der Waals surface area contributed by atoms with Gasteiger partial charge >= 0.3 is 12.0 Å². The molecule has 1 aliphatic rings. The summed E-state index contributed by atoms with van der Waals surface area (Å²) >= 11 is 0. The Morgan fingerprint density at radius 2 is 1.77 bits per heavy atom. The molecule has 2 N–H and O–H groups in total. The van der Waals surface area contributed by atoms with Gasteiger partial charge in [0, 0.05) is 48.3 Å². The van der Waals surface area contributed by atoms with E-state index in [2.05, 4.69) is 24.9 Å². The van der Waals surface area contributed by atoms with E-state index >= 15 is 0 Å². The number of imidazole rings is 1. The largest absolute Gasteiger partial charge is 0.481 e. The number of nitrogens with zero attached hydrogens (tertiary/aromatic N) is 4. The van der Waals surface area contributed by atoms with Crippen LogP contribution in [0.3, 0.4) is 0 Å². The molecule has 0 bridgehead atoms. The summed E-state index contributed by atoms with van der Waals surface area (Å²) in [5.74, 6) is -1.96. The average molecular weight is 479 g/mol. The fraction of sp³-hybridized carbons (Fsp3) is 0.320. The predicted molar refractivity (Wildman–Crippen MR) is 124 cm³/mol. The van der Waals surface area contributed by atoms with Crippen LogP contribution in [0.1, 0.15) is 37.7 Å². The zero-order chi connectivity index (χ0) is 24.5. The van der Waals surface area contributed by atoms with Gasteiger partial charge in [0.05, 0.1) is 16.7 Å². The molecule has 1 aliphatic carbocycles. The minimum absolute atomic E-state index is 0.0173. The molecular weight excluding hydrogens is 456 g/mol. The number of hydrogen-bond donors (Lipinski definition) is 2. The molecule has 0 aliphatic heterocycles. The number of aryl methyl sites for hydroxylation is 1. The highest BCUT2D eigenvalue weighted by molar-refractivity contribution is 5.80. The number of aliphatic carboxylic acids is 1. The van der Waals surface area contributed by atoms with E-state index in [0.717, 1.165) is 43.4 Å². The Labute approximate surface area is 199 Å². The lowest BCUT2D eigenvalue weighted by Crippen LogP contribution is -2.25. The molecule has 0 amide bonds. The number of carboxylic acids is 1. The SMILES string of the molecule is Cc1cc(-c2cnc(O[C@H]3CC[C@@H](CC(=O)O)CC3)nc2)ncc1-c1nc2cc(F)c(F)cc2[nH]1. The Balaban J connectivity index is 1.27. The molecular formula is C25H23F2N5O3. The third kappa shape index (κ3) is 4.96. The number of aromatic amines is 1. The fourth-order valence-corrected chi connectivity index (χ4v) is 4.45. The number of H-pyrrole nitrogens is 1. The van der Waals surface area contributed by atoms with E-state index in [1.165, 1.54) is 0 Å². The first-order chi connectivity index (χ1) is 16.9. The van der Waals surface area contributed by atoms with E-state index in [1.54, 1.807) is 18.6 Å². The third-order valence-electron chi connectivity index (χ3n) is 6.34. The van der Waals surface area contributed by atoms with Crippen LogP contribution in [-0.4, -0.2) is 42.1 Å². The quantitative estimate of drug-likeness (QED) is 0.396. The van der Waals surface area contributed by atoms with Crippen molar-refractivity contribution in [3.05, 3.63) is 54.0 Å². The Bertz CT molecular complexity index is 1340. The number of aromatic nitrogens is 5. The fourth-order valence-electron chi connectivity index (χ4n) is 4.45. The summed E-state index contributed by atoms with van der Waals surface area (Å²) in [4.78, 5) is 31.4. The Morgan fingerprint density at radius 3 is 2.46 bits per heavy atom. The first kappa shape index (κ1) is 22.8. The lowest BCUT2D eigenvalue weighted by molar-refractivity contribution is -0.138. The highest BCUT2D eigenvalue weighted by Crippen LogP contribution is 2.30. The van der Waals surface area contributed by atoms with Gasteiger partial charge in [-0.15, -0.1) is 0 Å². The first-order valence-electron chi connectivity index (χ1n) is 11.4. The number of nitrogens with one attached hydrogen (secondary N) is 1. The highest BCUT2D eigenvalue weighted by atomic mass is 19.2. The maximum absolute atomic E-state index is 13.5. The molecule has 8 nitrogen and oxygen atoms in total. The van der Waals surface area contributed by atoms with Crippen LogP contribution in [0.15, 0.2) is 36.8 Å². The van der Waals surface area contributed by atoms with Gasteiger partial charge in [0.2, 0.25) is 0 Å². The van der Waals surface area contributed by atoms with Crippen molar-refractivity contribution >= 4 is 17.0 Å². The van der Waals surface area contributed by atoms with E-state index in [9.17, 15) is 13.6 Å². The summed E-state index contributed by atoms with van der Waals surface area (Å²) in [7, 11) is 0. The summed E-state index contributed by atoms with van der Waals surface area (Å²) in [5, 5.41) is 8.94. The molecule has 4 aromatic rings. The van der Waals surface area contributed by atoms with Crippen LogP contribution in [0.5, 0.6) is 6.01 Å². The summed E-state index contributed by atoms with van der Waals surface area (Å²) < 4.78 is 32.9. The van der Waals surface area contributed by atoms with Crippen molar-refractivity contribution in [3.8, 4) is 28.7 Å². The number of rotatable bonds is 6. The van der Waals surface area contributed by atoms with Crippen molar-refractivity contribution in [1.82, 2.24) is 24.9 Å². The van der Waals surface area contributed by atoms with Crippen LogP contribution < -0.4 is 4.74 Å². The molecule has 0 atom stereocenters. The second-order valence-electron chi connectivity index (χ2n) is 8.87. The van der Waals surface area contributed by atoms with Crippen LogP contribution in [0.2, 0.25) is 0 Å². The van der Waals surface area contributed by atoms with Crippen LogP contribution in [0, 0.1) is 24.5 Å². The molecule has 3 heterocycles. The van der Waals surface area contributed by atoms with Crippen molar-refractivity contribution < 1.29 is 23.4 Å². The molecule has 35 heavy (non-hydrogen) atoms. The second-order valence-corrected chi connectivity index (χ2v) is 8.87. The van der Waals surface area contributed by atoms with Crippen molar-refractivity contribution in [2.75, 3.05) is 0 Å². The van der Waals surface area contributed by atoms with Gasteiger partial charge in [0.15, 0.2) is 11.6 Å². The lowest BCUT2D eigenvalue weighted by Gasteiger charge is -2.27. The monoisotopic (exact) mass is 479 g/mol. The van der Waals surface area contributed by atoms with Crippen molar-refractivity contribution in [2.45, 2.75) is 45.1 Å². The highest BCUT2D eigenvalue weighted by Gasteiger charge is 2.24. The number of carbonyl (C=O) groups is 1. The van der Waals surface area contributed by atoms with E-state index in [-0.39, 0.29) is 24.5 Å². The first-order valence-corrected chi connectivity index (χ1v) is 11.4. The summed E-state index contributed by atoms with van der Waals surface area (Å²) in [6.45, 7) is 1.90. The summed E-state index contributed by atoms with van der Waals surface area (Å²) in [6, 6.07) is 4.29. The molecule has 3 aromatic heterocycles. The maximum Gasteiger partial charge on any atom is 0.316 e. The maximum atomic E-state index is 13.5. The summed E-state index contributed by atoms with van der Waals surface area (Å²) in [5.41, 5.74) is 3.70. The van der Waals surface area contributed by atoms with Gasteiger partial charge in [0.1, 0.15) is 11.9 Å². The molecule has 0 spiro atoms. The van der Waals surface area contributed by atoms with E-state index in [1.807, 2.05) is 13.0 Å². The third-order valence-corrected chi connectivity index (χ3v) is 6.34. The van der Waals surface area contributed by atoms with Gasteiger partial charge < -0.3 is 14.8 Å².